The van der Waals surface area contributed by atoms with Crippen LogP contribution in [0.1, 0.15) is 13.8 Å². The van der Waals surface area contributed by atoms with Crippen LogP contribution < -0.4 is 4.90 Å². The van der Waals surface area contributed by atoms with Crippen molar-refractivity contribution in [3.63, 3.8) is 0 Å². The molecule has 1 heterocycles. The average Bonchev–Trinajstić information content (AvgIpc) is 2.28. The summed E-state index contributed by atoms with van der Waals surface area (Å²) in [5.74, 6) is 0.215. The van der Waals surface area contributed by atoms with Gasteiger partial charge in [-0.1, -0.05) is 11.6 Å². The first-order valence-corrected chi connectivity index (χ1v) is 5.77. The number of hydrogen-bond acceptors (Lipinski definition) is 6. The molecule has 0 bridgehead atoms. The van der Waals surface area contributed by atoms with Crippen LogP contribution in [0.2, 0.25) is 5.15 Å². The highest BCUT2D eigenvalue weighted by Gasteiger charge is 2.27. The molecule has 1 aromatic rings. The van der Waals surface area contributed by atoms with Gasteiger partial charge in [0.1, 0.15) is 6.33 Å². The molecule has 0 aliphatic rings. The molecule has 0 saturated carbocycles. The molecule has 0 radical (unpaired) electrons. The van der Waals surface area contributed by atoms with Crippen LogP contribution in [-0.4, -0.2) is 41.2 Å². The summed E-state index contributed by atoms with van der Waals surface area (Å²) in [5.41, 5.74) is -0.274. The normalized spacial score (nSPS) is 10.7. The van der Waals surface area contributed by atoms with E-state index in [1.807, 2.05) is 13.8 Å². The maximum atomic E-state index is 11.0. The number of methoxy groups -OCH3 is 1. The van der Waals surface area contributed by atoms with E-state index >= 15 is 0 Å². The molecule has 0 aromatic carbocycles. The highest BCUT2D eigenvalue weighted by Crippen LogP contribution is 2.32. The first kappa shape index (κ1) is 14.6. The van der Waals surface area contributed by atoms with Gasteiger partial charge in [0.05, 0.1) is 11.5 Å². The molecule has 0 aliphatic heterocycles. The maximum absolute atomic E-state index is 11.0. The minimum absolute atomic E-state index is 0.0322. The molecule has 0 N–H and O–H groups in total. The summed E-state index contributed by atoms with van der Waals surface area (Å²) < 4.78 is 4.99. The van der Waals surface area contributed by atoms with Gasteiger partial charge < -0.3 is 9.64 Å². The molecule has 1 rings (SSSR count). The lowest BCUT2D eigenvalue weighted by atomic mass is 10.3. The van der Waals surface area contributed by atoms with Crippen LogP contribution in [0.3, 0.4) is 0 Å². The zero-order chi connectivity index (χ0) is 13.7. The molecule has 0 saturated heterocycles. The van der Waals surface area contributed by atoms with Crippen molar-refractivity contribution in [2.24, 2.45) is 0 Å². The van der Waals surface area contributed by atoms with Crippen molar-refractivity contribution in [1.82, 2.24) is 9.97 Å². The Bertz CT molecular complexity index is 428. The molecule has 0 fully saturated rings. The van der Waals surface area contributed by atoms with Crippen molar-refractivity contribution in [2.45, 2.75) is 19.9 Å². The molecule has 0 unspecified atom stereocenters. The Morgan fingerprint density at radius 1 is 1.56 bits per heavy atom. The van der Waals surface area contributed by atoms with Crippen molar-refractivity contribution in [3.05, 3.63) is 21.6 Å². The Balaban J connectivity index is 3.19. The third kappa shape index (κ3) is 3.27. The van der Waals surface area contributed by atoms with Crippen LogP contribution in [0.25, 0.3) is 0 Å². The molecular formula is C10H15ClN4O3. The summed E-state index contributed by atoms with van der Waals surface area (Å²) in [7, 11) is 1.57. The fourth-order valence-corrected chi connectivity index (χ4v) is 1.71. The van der Waals surface area contributed by atoms with E-state index < -0.39 is 4.92 Å². The lowest BCUT2D eigenvalue weighted by molar-refractivity contribution is -0.384. The Kier molecular flexibility index (Phi) is 5.24. The van der Waals surface area contributed by atoms with Gasteiger partial charge in [0.2, 0.25) is 11.0 Å². The minimum atomic E-state index is -0.570. The zero-order valence-corrected chi connectivity index (χ0v) is 11.2. The van der Waals surface area contributed by atoms with Gasteiger partial charge in [-0.2, -0.15) is 0 Å². The van der Waals surface area contributed by atoms with Crippen LogP contribution in [0.4, 0.5) is 11.5 Å². The second-order valence-corrected chi connectivity index (χ2v) is 4.23. The number of nitro groups is 1. The monoisotopic (exact) mass is 274 g/mol. The van der Waals surface area contributed by atoms with E-state index in [2.05, 4.69) is 9.97 Å². The third-order valence-electron chi connectivity index (χ3n) is 2.37. The molecule has 0 spiro atoms. The van der Waals surface area contributed by atoms with Gasteiger partial charge in [0.25, 0.3) is 0 Å². The lowest BCUT2D eigenvalue weighted by Crippen LogP contribution is -2.35. The molecule has 7 nitrogen and oxygen atoms in total. The summed E-state index contributed by atoms with van der Waals surface area (Å²) in [4.78, 5) is 19.8. The molecule has 0 aliphatic carbocycles. The van der Waals surface area contributed by atoms with E-state index in [9.17, 15) is 10.1 Å². The van der Waals surface area contributed by atoms with E-state index in [-0.39, 0.29) is 22.7 Å². The first-order chi connectivity index (χ1) is 8.49. The topological polar surface area (TPSA) is 81.4 Å². The lowest BCUT2D eigenvalue weighted by Gasteiger charge is -2.26. The fourth-order valence-electron chi connectivity index (χ4n) is 1.51. The van der Waals surface area contributed by atoms with E-state index in [1.54, 1.807) is 12.0 Å². The van der Waals surface area contributed by atoms with Gasteiger partial charge in [-0.25, -0.2) is 9.97 Å². The van der Waals surface area contributed by atoms with E-state index in [0.29, 0.717) is 13.2 Å². The van der Waals surface area contributed by atoms with Gasteiger partial charge in [0, 0.05) is 19.7 Å². The Labute approximate surface area is 110 Å². The number of ether oxygens (including phenoxy) is 1. The molecular weight excluding hydrogens is 260 g/mol. The summed E-state index contributed by atoms with van der Waals surface area (Å²) in [6.07, 6.45) is 1.22. The van der Waals surface area contributed by atoms with Gasteiger partial charge in [-0.05, 0) is 13.8 Å². The SMILES string of the molecule is COCCN(c1ncnc(Cl)c1[N+](=O)[O-])C(C)C. The molecule has 1 aromatic heterocycles. The molecule has 100 valence electrons. The number of nitrogens with zero attached hydrogens (tertiary/aromatic N) is 4. The van der Waals surface area contributed by atoms with Crippen molar-refractivity contribution >= 4 is 23.1 Å². The summed E-state index contributed by atoms with van der Waals surface area (Å²) >= 11 is 5.76. The van der Waals surface area contributed by atoms with Crippen LogP contribution in [0.15, 0.2) is 6.33 Å². The van der Waals surface area contributed by atoms with Crippen molar-refractivity contribution in [2.75, 3.05) is 25.2 Å². The number of halogens is 1. The standard InChI is InChI=1S/C10H15ClN4O3/c1-7(2)14(4-5-18-3)10-8(15(16)17)9(11)12-6-13-10/h6-7H,4-5H2,1-3H3. The van der Waals surface area contributed by atoms with Crippen molar-refractivity contribution < 1.29 is 9.66 Å². The van der Waals surface area contributed by atoms with E-state index in [0.717, 1.165) is 0 Å². The predicted octanol–water partition coefficient (Wildman–Crippen LogP) is 1.90. The summed E-state index contributed by atoms with van der Waals surface area (Å²) in [6, 6.07) is 0.0322. The van der Waals surface area contributed by atoms with Gasteiger partial charge in [0.15, 0.2) is 0 Å². The highest BCUT2D eigenvalue weighted by atomic mass is 35.5. The Morgan fingerprint density at radius 2 is 2.22 bits per heavy atom. The largest absolute Gasteiger partial charge is 0.383 e. The second kappa shape index (κ2) is 6.46. The first-order valence-electron chi connectivity index (χ1n) is 5.39. The van der Waals surface area contributed by atoms with Gasteiger partial charge in [-0.15, -0.1) is 0 Å². The van der Waals surface area contributed by atoms with Crippen LogP contribution in [0, 0.1) is 10.1 Å². The van der Waals surface area contributed by atoms with Crippen LogP contribution in [-0.2, 0) is 4.74 Å². The molecule has 0 amide bonds. The third-order valence-corrected chi connectivity index (χ3v) is 2.65. The summed E-state index contributed by atoms with van der Waals surface area (Å²) in [5, 5.41) is 10.9. The Morgan fingerprint density at radius 3 is 2.72 bits per heavy atom. The highest BCUT2D eigenvalue weighted by molar-refractivity contribution is 6.31. The minimum Gasteiger partial charge on any atom is -0.383 e. The van der Waals surface area contributed by atoms with E-state index in [1.165, 1.54) is 6.33 Å². The molecule has 18 heavy (non-hydrogen) atoms. The average molecular weight is 275 g/mol. The maximum Gasteiger partial charge on any atom is 0.348 e. The van der Waals surface area contributed by atoms with Crippen LogP contribution in [0.5, 0.6) is 0 Å². The smallest absolute Gasteiger partial charge is 0.348 e. The van der Waals surface area contributed by atoms with Gasteiger partial charge in [-0.3, -0.25) is 10.1 Å². The van der Waals surface area contributed by atoms with Crippen LogP contribution >= 0.6 is 11.6 Å². The molecule has 0 atom stereocenters. The number of aromatic nitrogens is 2. The molecule has 8 heteroatoms. The summed E-state index contributed by atoms with van der Waals surface area (Å²) in [6.45, 7) is 4.75. The quantitative estimate of drug-likeness (QED) is 0.448. The number of rotatable bonds is 6. The van der Waals surface area contributed by atoms with Gasteiger partial charge >= 0.3 is 5.69 Å². The predicted molar refractivity (Wildman–Crippen MR) is 68.1 cm³/mol. The fraction of sp³-hybridized carbons (Fsp3) is 0.600. The van der Waals surface area contributed by atoms with Crippen molar-refractivity contribution in [3.8, 4) is 0 Å². The van der Waals surface area contributed by atoms with Crippen molar-refractivity contribution in [1.29, 1.82) is 0 Å². The number of anilines is 1. The zero-order valence-electron chi connectivity index (χ0n) is 10.5. The Hall–Kier alpha value is -1.47. The number of hydrogen-bond donors (Lipinski definition) is 0. The van der Waals surface area contributed by atoms with E-state index in [4.69, 9.17) is 16.3 Å². The second-order valence-electron chi connectivity index (χ2n) is 3.87.